The highest BCUT2D eigenvalue weighted by molar-refractivity contribution is 5.77. The van der Waals surface area contributed by atoms with E-state index >= 15 is 0 Å². The van der Waals surface area contributed by atoms with Gasteiger partial charge < -0.3 is 9.47 Å². The van der Waals surface area contributed by atoms with Crippen molar-refractivity contribution in [3.05, 3.63) is 58.1 Å². The van der Waals surface area contributed by atoms with Gasteiger partial charge >= 0.3 is 5.69 Å². The molecule has 0 aromatic heterocycles. The summed E-state index contributed by atoms with van der Waals surface area (Å²) in [7, 11) is 0. The number of ether oxygens (including phenoxy) is 2. The topological polar surface area (TPSA) is 78.7 Å². The van der Waals surface area contributed by atoms with Crippen LogP contribution in [0.2, 0.25) is 0 Å². The largest absolute Gasteiger partial charge is 0.494 e. The Morgan fingerprint density at radius 3 is 2.62 bits per heavy atom. The van der Waals surface area contributed by atoms with E-state index in [4.69, 9.17) is 9.47 Å². The van der Waals surface area contributed by atoms with Gasteiger partial charge in [0.15, 0.2) is 0 Å². The lowest BCUT2D eigenvalue weighted by molar-refractivity contribution is -0.385. The fourth-order valence-electron chi connectivity index (χ4n) is 1.76. The van der Waals surface area contributed by atoms with Crippen LogP contribution in [0.25, 0.3) is 0 Å². The summed E-state index contributed by atoms with van der Waals surface area (Å²) in [5, 5.41) is 11.0. The maximum absolute atomic E-state index is 11.0. The quantitative estimate of drug-likeness (QED) is 0.461. The number of hydrogen-bond acceptors (Lipinski definition) is 5. The van der Waals surface area contributed by atoms with E-state index in [0.29, 0.717) is 24.4 Å². The van der Waals surface area contributed by atoms with Crippen LogP contribution >= 0.6 is 0 Å². The number of nitro groups is 1. The molecular formula is C15H13NO5. The van der Waals surface area contributed by atoms with Crippen LogP contribution in [0.5, 0.6) is 17.2 Å². The highest BCUT2D eigenvalue weighted by Gasteiger charge is 2.16. The molecule has 0 N–H and O–H groups in total. The first kappa shape index (κ1) is 14.5. The Hall–Kier alpha value is -2.89. The normalized spacial score (nSPS) is 9.95. The summed E-state index contributed by atoms with van der Waals surface area (Å²) < 4.78 is 10.9. The van der Waals surface area contributed by atoms with E-state index in [0.717, 1.165) is 0 Å². The summed E-state index contributed by atoms with van der Waals surface area (Å²) in [6.45, 7) is 2.37. The van der Waals surface area contributed by atoms with Crippen molar-refractivity contribution in [1.29, 1.82) is 0 Å². The zero-order chi connectivity index (χ0) is 15.2. The van der Waals surface area contributed by atoms with Crippen LogP contribution in [0, 0.1) is 10.1 Å². The van der Waals surface area contributed by atoms with Crippen molar-refractivity contribution < 1.29 is 19.2 Å². The van der Waals surface area contributed by atoms with Gasteiger partial charge in [0.2, 0.25) is 5.75 Å². The van der Waals surface area contributed by atoms with Crippen molar-refractivity contribution >= 4 is 12.0 Å². The minimum atomic E-state index is -0.589. The Morgan fingerprint density at radius 1 is 1.19 bits per heavy atom. The Morgan fingerprint density at radius 2 is 1.95 bits per heavy atom. The van der Waals surface area contributed by atoms with E-state index in [-0.39, 0.29) is 17.0 Å². The third kappa shape index (κ3) is 3.56. The molecule has 0 aliphatic heterocycles. The van der Waals surface area contributed by atoms with Crippen LogP contribution in [-0.2, 0) is 0 Å². The van der Waals surface area contributed by atoms with Crippen molar-refractivity contribution in [3.63, 3.8) is 0 Å². The number of nitro benzene ring substituents is 1. The minimum absolute atomic E-state index is 0.0687. The number of carbonyl (C=O) groups excluding carboxylic acids is 1. The molecule has 6 heteroatoms. The number of benzene rings is 2. The number of carbonyl (C=O) groups is 1. The number of aldehydes is 1. The van der Waals surface area contributed by atoms with Gasteiger partial charge in [-0.2, -0.15) is 0 Å². The minimum Gasteiger partial charge on any atom is -0.494 e. The predicted molar refractivity (Wildman–Crippen MR) is 76.2 cm³/mol. The molecular weight excluding hydrogens is 274 g/mol. The molecule has 108 valence electrons. The fraction of sp³-hybridized carbons (Fsp3) is 0.133. The van der Waals surface area contributed by atoms with Crippen molar-refractivity contribution in [2.45, 2.75) is 6.92 Å². The molecule has 0 fully saturated rings. The van der Waals surface area contributed by atoms with Crippen LogP contribution in [-0.4, -0.2) is 17.8 Å². The predicted octanol–water partition coefficient (Wildman–Crippen LogP) is 3.60. The summed E-state index contributed by atoms with van der Waals surface area (Å²) in [6.07, 6.45) is 0.548. The third-order valence-corrected chi connectivity index (χ3v) is 2.66. The van der Waals surface area contributed by atoms with Crippen LogP contribution in [0.1, 0.15) is 17.3 Å². The van der Waals surface area contributed by atoms with E-state index in [2.05, 4.69) is 0 Å². The first-order valence-electron chi connectivity index (χ1n) is 6.28. The van der Waals surface area contributed by atoms with Gasteiger partial charge in [-0.15, -0.1) is 0 Å². The molecule has 0 bridgehead atoms. The van der Waals surface area contributed by atoms with Crippen molar-refractivity contribution in [2.24, 2.45) is 0 Å². The van der Waals surface area contributed by atoms with Gasteiger partial charge in [0.05, 0.1) is 11.5 Å². The van der Waals surface area contributed by atoms with Crippen molar-refractivity contribution in [1.82, 2.24) is 0 Å². The molecule has 6 nitrogen and oxygen atoms in total. The molecule has 21 heavy (non-hydrogen) atoms. The highest BCUT2D eigenvalue weighted by atomic mass is 16.6. The van der Waals surface area contributed by atoms with Crippen LogP contribution in [0.4, 0.5) is 5.69 Å². The molecule has 0 aliphatic carbocycles. The average molecular weight is 287 g/mol. The maximum Gasteiger partial charge on any atom is 0.312 e. The number of nitrogens with zero attached hydrogens (tertiary/aromatic N) is 1. The Bertz CT molecular complexity index is 669. The third-order valence-electron chi connectivity index (χ3n) is 2.66. The van der Waals surface area contributed by atoms with E-state index < -0.39 is 4.92 Å². The number of rotatable bonds is 6. The lowest BCUT2D eigenvalue weighted by atomic mass is 10.2. The van der Waals surface area contributed by atoms with Gasteiger partial charge in [0, 0.05) is 17.7 Å². The summed E-state index contributed by atoms with van der Waals surface area (Å²) in [4.78, 5) is 21.1. The Labute approximate surface area is 121 Å². The monoisotopic (exact) mass is 287 g/mol. The first-order chi connectivity index (χ1) is 10.1. The second-order valence-electron chi connectivity index (χ2n) is 4.11. The van der Waals surface area contributed by atoms with Crippen molar-refractivity contribution in [3.8, 4) is 17.2 Å². The Kier molecular flexibility index (Phi) is 4.50. The molecule has 0 heterocycles. The van der Waals surface area contributed by atoms with Gasteiger partial charge in [0.1, 0.15) is 17.8 Å². The van der Waals surface area contributed by atoms with Gasteiger partial charge in [-0.25, -0.2) is 0 Å². The SMILES string of the molecule is CCOc1cccc(Oc2ccc(C=O)cc2[N+](=O)[O-])c1. The van der Waals surface area contributed by atoms with Crippen molar-refractivity contribution in [2.75, 3.05) is 6.61 Å². The van der Waals surface area contributed by atoms with Gasteiger partial charge in [-0.1, -0.05) is 6.07 Å². The lowest BCUT2D eigenvalue weighted by Crippen LogP contribution is -1.96. The van der Waals surface area contributed by atoms with E-state index in [1.807, 2.05) is 6.92 Å². The summed E-state index contributed by atoms with van der Waals surface area (Å²) >= 11 is 0. The molecule has 0 aliphatic rings. The van der Waals surface area contributed by atoms with Gasteiger partial charge in [-0.05, 0) is 31.2 Å². The maximum atomic E-state index is 11.0. The molecule has 0 unspecified atom stereocenters. The van der Waals surface area contributed by atoms with Crippen LogP contribution in [0.15, 0.2) is 42.5 Å². The standard InChI is InChI=1S/C15H13NO5/c1-2-20-12-4-3-5-13(9-12)21-15-7-6-11(10-17)8-14(15)16(18)19/h3-10H,2H2,1H3. The summed E-state index contributed by atoms with van der Waals surface area (Å²) in [5.41, 5.74) is -0.0430. The average Bonchev–Trinajstić information content (AvgIpc) is 2.48. The van der Waals surface area contributed by atoms with Gasteiger partial charge in [-0.3, -0.25) is 14.9 Å². The Balaban J connectivity index is 2.32. The smallest absolute Gasteiger partial charge is 0.312 e. The molecule has 0 amide bonds. The van der Waals surface area contributed by atoms with E-state index in [9.17, 15) is 14.9 Å². The molecule has 0 saturated carbocycles. The molecule has 0 saturated heterocycles. The molecule has 2 aromatic carbocycles. The molecule has 2 rings (SSSR count). The molecule has 0 spiro atoms. The fourth-order valence-corrected chi connectivity index (χ4v) is 1.76. The first-order valence-corrected chi connectivity index (χ1v) is 6.28. The van der Waals surface area contributed by atoms with Gasteiger partial charge in [0.25, 0.3) is 0 Å². The zero-order valence-electron chi connectivity index (χ0n) is 11.3. The second kappa shape index (κ2) is 6.51. The van der Waals surface area contributed by atoms with E-state index in [1.54, 1.807) is 24.3 Å². The molecule has 2 aromatic rings. The molecule has 0 atom stereocenters. The number of hydrogen-bond donors (Lipinski definition) is 0. The summed E-state index contributed by atoms with van der Waals surface area (Å²) in [6, 6.07) is 10.8. The zero-order valence-corrected chi connectivity index (χ0v) is 11.3. The second-order valence-corrected chi connectivity index (χ2v) is 4.11. The van der Waals surface area contributed by atoms with E-state index in [1.165, 1.54) is 18.2 Å². The van der Waals surface area contributed by atoms with Crippen LogP contribution < -0.4 is 9.47 Å². The highest BCUT2D eigenvalue weighted by Crippen LogP contribution is 2.33. The summed E-state index contributed by atoms with van der Waals surface area (Å²) in [5.74, 6) is 1.10. The molecule has 0 radical (unpaired) electrons. The lowest BCUT2D eigenvalue weighted by Gasteiger charge is -2.08. The van der Waals surface area contributed by atoms with Crippen LogP contribution in [0.3, 0.4) is 0 Å².